The first-order chi connectivity index (χ1) is 10.8. The predicted molar refractivity (Wildman–Crippen MR) is 93.5 cm³/mol. The van der Waals surface area contributed by atoms with Gasteiger partial charge in [0.2, 0.25) is 0 Å². The number of nitrogens with zero attached hydrogens (tertiary/aromatic N) is 1. The molecule has 0 aliphatic heterocycles. The molecule has 1 aliphatic rings. The minimum absolute atomic E-state index is 0.251. The fourth-order valence-corrected chi connectivity index (χ4v) is 3.35. The van der Waals surface area contributed by atoms with E-state index in [4.69, 9.17) is 0 Å². The molecule has 1 aromatic rings. The quantitative estimate of drug-likeness (QED) is 0.704. The summed E-state index contributed by atoms with van der Waals surface area (Å²) < 4.78 is 2.10. The monoisotopic (exact) mass is 304 g/mol. The summed E-state index contributed by atoms with van der Waals surface area (Å²) in [7, 11) is 0. The molecule has 0 bridgehead atoms. The second-order valence-electron chi connectivity index (χ2n) is 6.54. The predicted octanol–water partition coefficient (Wildman–Crippen LogP) is 3.81. The first kappa shape index (κ1) is 17.3. The van der Waals surface area contributed by atoms with E-state index in [1.807, 2.05) is 0 Å². The van der Waals surface area contributed by atoms with Crippen molar-refractivity contribution in [3.63, 3.8) is 0 Å². The van der Waals surface area contributed by atoms with Crippen molar-refractivity contribution in [1.29, 1.82) is 0 Å². The molecule has 0 aromatic carbocycles. The topological polar surface area (TPSA) is 34.0 Å². The molecule has 1 aliphatic carbocycles. The van der Waals surface area contributed by atoms with Crippen molar-refractivity contribution in [2.75, 3.05) is 6.54 Å². The molecule has 1 heterocycles. The summed E-state index contributed by atoms with van der Waals surface area (Å²) in [6.45, 7) is 7.04. The Hall–Kier alpha value is -1.09. The maximum Gasteiger partial charge on any atom is 0.255 e. The van der Waals surface area contributed by atoms with Crippen molar-refractivity contribution in [2.45, 2.75) is 84.7 Å². The molecule has 0 atom stereocenters. The molecule has 2 rings (SSSR count). The second kappa shape index (κ2) is 9.14. The van der Waals surface area contributed by atoms with E-state index in [9.17, 15) is 4.79 Å². The summed E-state index contributed by atoms with van der Waals surface area (Å²) in [6.07, 6.45) is 10.6. The molecule has 3 heteroatoms. The molecular weight excluding hydrogens is 272 g/mol. The van der Waals surface area contributed by atoms with E-state index in [1.54, 1.807) is 0 Å². The van der Waals surface area contributed by atoms with Crippen LogP contribution in [0.15, 0.2) is 10.9 Å². The number of aryl methyl sites for hydroxylation is 1. The van der Waals surface area contributed by atoms with Crippen LogP contribution in [0.5, 0.6) is 0 Å². The largest absolute Gasteiger partial charge is 0.312 e. The molecule has 0 spiro atoms. The molecule has 3 nitrogen and oxygen atoms in total. The van der Waals surface area contributed by atoms with E-state index < -0.39 is 0 Å². The lowest BCUT2D eigenvalue weighted by molar-refractivity contribution is 0.529. The Morgan fingerprint density at radius 3 is 2.64 bits per heavy atom. The number of hydrogen-bond acceptors (Lipinski definition) is 2. The maximum atomic E-state index is 12.8. The third-order valence-corrected chi connectivity index (χ3v) is 4.68. The van der Waals surface area contributed by atoms with Gasteiger partial charge in [-0.3, -0.25) is 4.79 Å². The Morgan fingerprint density at radius 1 is 1.09 bits per heavy atom. The lowest BCUT2D eigenvalue weighted by Gasteiger charge is -2.22. The molecule has 124 valence electrons. The van der Waals surface area contributed by atoms with E-state index in [2.05, 4.69) is 29.8 Å². The summed E-state index contributed by atoms with van der Waals surface area (Å²) in [5.41, 5.74) is 3.97. The molecule has 0 amide bonds. The van der Waals surface area contributed by atoms with Gasteiger partial charge in [0.15, 0.2) is 0 Å². The molecule has 0 saturated heterocycles. The number of unbranched alkanes of at least 4 members (excludes halogenated alkanes) is 3. The Balaban J connectivity index is 2.18. The lowest BCUT2D eigenvalue weighted by Crippen LogP contribution is -2.32. The fourth-order valence-electron chi connectivity index (χ4n) is 3.35. The average molecular weight is 304 g/mol. The first-order valence-electron chi connectivity index (χ1n) is 9.23. The number of pyridine rings is 1. The highest BCUT2D eigenvalue weighted by molar-refractivity contribution is 5.29. The van der Waals surface area contributed by atoms with Crippen LogP contribution in [0, 0.1) is 0 Å². The minimum Gasteiger partial charge on any atom is -0.312 e. The van der Waals surface area contributed by atoms with E-state index in [1.165, 1.54) is 49.8 Å². The first-order valence-corrected chi connectivity index (χ1v) is 9.23. The number of nitrogens with one attached hydrogen (secondary N) is 1. The van der Waals surface area contributed by atoms with Gasteiger partial charge in [0.25, 0.3) is 5.56 Å². The van der Waals surface area contributed by atoms with Crippen LogP contribution in [0.4, 0.5) is 0 Å². The second-order valence-corrected chi connectivity index (χ2v) is 6.54. The molecule has 0 fully saturated rings. The number of fused-ring (bicyclic) bond motifs is 1. The highest BCUT2D eigenvalue weighted by Gasteiger charge is 2.17. The summed E-state index contributed by atoms with van der Waals surface area (Å²) in [4.78, 5) is 12.8. The number of aromatic nitrogens is 1. The number of rotatable bonds is 9. The Labute approximate surface area is 135 Å². The van der Waals surface area contributed by atoms with Crippen molar-refractivity contribution in [3.8, 4) is 0 Å². The van der Waals surface area contributed by atoms with Crippen LogP contribution in [-0.4, -0.2) is 11.1 Å². The van der Waals surface area contributed by atoms with Gasteiger partial charge in [0.05, 0.1) is 0 Å². The normalized spacial score (nSPS) is 14.1. The fraction of sp³-hybridized carbons (Fsp3) is 0.737. The SMILES string of the molecule is CCCCCn1c2c(cc(CNCCCC)c1=O)CCCC2. The van der Waals surface area contributed by atoms with Gasteiger partial charge >= 0.3 is 0 Å². The van der Waals surface area contributed by atoms with Crippen LogP contribution in [-0.2, 0) is 25.9 Å². The van der Waals surface area contributed by atoms with E-state index in [-0.39, 0.29) is 5.56 Å². The van der Waals surface area contributed by atoms with E-state index in [0.717, 1.165) is 44.5 Å². The maximum absolute atomic E-state index is 12.8. The van der Waals surface area contributed by atoms with Crippen molar-refractivity contribution >= 4 is 0 Å². The van der Waals surface area contributed by atoms with Crippen molar-refractivity contribution < 1.29 is 0 Å². The van der Waals surface area contributed by atoms with Crippen molar-refractivity contribution in [1.82, 2.24) is 9.88 Å². The van der Waals surface area contributed by atoms with Gasteiger partial charge in [-0.15, -0.1) is 0 Å². The summed E-state index contributed by atoms with van der Waals surface area (Å²) in [5, 5.41) is 3.43. The molecule has 0 unspecified atom stereocenters. The molecular formula is C19H32N2O. The molecule has 1 aromatic heterocycles. The highest BCUT2D eigenvalue weighted by Crippen LogP contribution is 2.21. The van der Waals surface area contributed by atoms with Gasteiger partial charge in [0.1, 0.15) is 0 Å². The average Bonchev–Trinajstić information content (AvgIpc) is 2.54. The Kier molecular flexibility index (Phi) is 7.17. The van der Waals surface area contributed by atoms with E-state index >= 15 is 0 Å². The summed E-state index contributed by atoms with van der Waals surface area (Å²) in [6, 6.07) is 2.19. The molecule has 0 radical (unpaired) electrons. The lowest BCUT2D eigenvalue weighted by atomic mass is 9.94. The van der Waals surface area contributed by atoms with Crippen molar-refractivity contribution in [3.05, 3.63) is 33.2 Å². The minimum atomic E-state index is 0.251. The van der Waals surface area contributed by atoms with Gasteiger partial charge in [-0.2, -0.15) is 0 Å². The zero-order valence-electron chi connectivity index (χ0n) is 14.4. The Morgan fingerprint density at radius 2 is 1.86 bits per heavy atom. The smallest absolute Gasteiger partial charge is 0.255 e. The molecule has 0 saturated carbocycles. The highest BCUT2D eigenvalue weighted by atomic mass is 16.1. The van der Waals surface area contributed by atoms with Crippen molar-refractivity contribution in [2.24, 2.45) is 0 Å². The van der Waals surface area contributed by atoms with Gasteiger partial charge in [-0.1, -0.05) is 33.1 Å². The van der Waals surface area contributed by atoms with Crippen LogP contribution in [0.2, 0.25) is 0 Å². The molecule has 1 N–H and O–H groups in total. The van der Waals surface area contributed by atoms with E-state index in [0.29, 0.717) is 0 Å². The van der Waals surface area contributed by atoms with Gasteiger partial charge in [-0.25, -0.2) is 0 Å². The third kappa shape index (κ3) is 4.45. The summed E-state index contributed by atoms with van der Waals surface area (Å²) >= 11 is 0. The van der Waals surface area contributed by atoms with Crippen LogP contribution in [0.3, 0.4) is 0 Å². The van der Waals surface area contributed by atoms with Gasteiger partial charge < -0.3 is 9.88 Å². The van der Waals surface area contributed by atoms with Crippen LogP contribution in [0.1, 0.15) is 75.6 Å². The van der Waals surface area contributed by atoms with Gasteiger partial charge in [0, 0.05) is 24.3 Å². The van der Waals surface area contributed by atoms with Crippen LogP contribution >= 0.6 is 0 Å². The standard InChI is InChI=1S/C19H32N2O/c1-3-5-9-13-21-18-11-8-7-10-16(18)14-17(19(21)22)15-20-12-6-4-2/h14,20H,3-13,15H2,1-2H3. The molecule has 22 heavy (non-hydrogen) atoms. The van der Waals surface area contributed by atoms with Crippen LogP contribution < -0.4 is 10.9 Å². The Bertz CT molecular complexity index is 519. The number of hydrogen-bond donors (Lipinski definition) is 1. The zero-order chi connectivity index (χ0) is 15.8. The van der Waals surface area contributed by atoms with Crippen LogP contribution in [0.25, 0.3) is 0 Å². The zero-order valence-corrected chi connectivity index (χ0v) is 14.4. The summed E-state index contributed by atoms with van der Waals surface area (Å²) in [5.74, 6) is 0. The van der Waals surface area contributed by atoms with Gasteiger partial charge in [-0.05, 0) is 56.7 Å². The third-order valence-electron chi connectivity index (χ3n) is 4.68.